The number of aryl methyl sites for hydroxylation is 2. The van der Waals surface area contributed by atoms with Gasteiger partial charge in [0.05, 0.1) is 12.6 Å². The zero-order chi connectivity index (χ0) is 19.9. The van der Waals surface area contributed by atoms with Gasteiger partial charge in [0.15, 0.2) is 0 Å². The van der Waals surface area contributed by atoms with E-state index < -0.39 is 16.9 Å². The van der Waals surface area contributed by atoms with E-state index in [1.807, 2.05) is 13.8 Å². The number of methoxy groups -OCH3 is 1. The number of carbonyl (C=O) groups is 1. The predicted octanol–water partition coefficient (Wildman–Crippen LogP) is 1.52. The molecule has 0 bridgehead atoms. The number of benzene rings is 1. The maximum atomic E-state index is 13.3. The summed E-state index contributed by atoms with van der Waals surface area (Å²) in [4.78, 5) is 45.5. The van der Waals surface area contributed by atoms with Crippen LogP contribution in [0.2, 0.25) is 0 Å². The monoisotopic (exact) mass is 368 g/mol. The number of ketones is 1. The number of nitrogens with one attached hydrogen (secondary N) is 2. The lowest BCUT2D eigenvalue weighted by Crippen LogP contribution is -2.30. The molecule has 0 aliphatic heterocycles. The number of ether oxygens (including phenoxy) is 1. The minimum absolute atomic E-state index is 0.151. The first kappa shape index (κ1) is 18.4. The van der Waals surface area contributed by atoms with Crippen LogP contribution in [-0.4, -0.2) is 34.5 Å². The average Bonchev–Trinajstić information content (AvgIpc) is 2.99. The molecule has 140 valence electrons. The number of fused-ring (bicyclic) bond motifs is 1. The highest BCUT2D eigenvalue weighted by molar-refractivity contribution is 6.15. The van der Waals surface area contributed by atoms with Gasteiger partial charge in [-0.1, -0.05) is 0 Å². The normalized spacial score (nSPS) is 10.9. The minimum atomic E-state index is -0.694. The average molecular weight is 368 g/mol. The number of aromatic nitrogens is 3. The summed E-state index contributed by atoms with van der Waals surface area (Å²) in [6, 6.07) is 4.58. The van der Waals surface area contributed by atoms with Gasteiger partial charge in [-0.05, 0) is 37.1 Å². The van der Waals surface area contributed by atoms with Crippen LogP contribution in [0.4, 0.5) is 5.95 Å². The van der Waals surface area contributed by atoms with Crippen molar-refractivity contribution < 1.29 is 9.53 Å². The first-order valence-electron chi connectivity index (χ1n) is 8.30. The molecule has 0 saturated carbocycles. The van der Waals surface area contributed by atoms with Crippen molar-refractivity contribution in [3.8, 4) is 5.75 Å². The molecule has 8 heteroatoms. The molecule has 0 atom stereocenters. The van der Waals surface area contributed by atoms with E-state index in [1.54, 1.807) is 26.3 Å². The standard InChI is InChI=1S/C19H20N4O4/c1-9-6-11(7-10(2)17(9)27-5)16(25)14-15-12(21-19(20-3)22-15)8-13(24)23(4)18(14)26/h6-8H,1-5H3,(H2,20,21,22). The summed E-state index contributed by atoms with van der Waals surface area (Å²) in [6.45, 7) is 3.65. The second-order valence-corrected chi connectivity index (χ2v) is 6.29. The third kappa shape index (κ3) is 2.99. The molecule has 0 fully saturated rings. The van der Waals surface area contributed by atoms with Crippen molar-refractivity contribution in [1.82, 2.24) is 14.5 Å². The topological polar surface area (TPSA) is 106 Å². The summed E-state index contributed by atoms with van der Waals surface area (Å²) < 4.78 is 6.24. The van der Waals surface area contributed by atoms with Crippen molar-refractivity contribution in [2.75, 3.05) is 19.5 Å². The first-order chi connectivity index (χ1) is 12.8. The molecule has 0 unspecified atom stereocenters. The van der Waals surface area contributed by atoms with E-state index in [-0.39, 0.29) is 11.1 Å². The lowest BCUT2D eigenvalue weighted by Gasteiger charge is -2.10. The number of imidazole rings is 1. The third-order valence-electron chi connectivity index (χ3n) is 4.48. The molecular formula is C19H20N4O4. The van der Waals surface area contributed by atoms with E-state index in [9.17, 15) is 14.4 Å². The van der Waals surface area contributed by atoms with Crippen molar-refractivity contribution in [1.29, 1.82) is 0 Å². The Balaban J connectivity index is 2.37. The highest BCUT2D eigenvalue weighted by Crippen LogP contribution is 2.26. The van der Waals surface area contributed by atoms with E-state index in [0.29, 0.717) is 22.8 Å². The molecule has 0 amide bonds. The van der Waals surface area contributed by atoms with Crippen LogP contribution in [0.1, 0.15) is 27.0 Å². The van der Waals surface area contributed by atoms with Gasteiger partial charge < -0.3 is 15.0 Å². The van der Waals surface area contributed by atoms with E-state index in [4.69, 9.17) is 4.74 Å². The molecule has 2 N–H and O–H groups in total. The Morgan fingerprint density at radius 3 is 2.37 bits per heavy atom. The highest BCUT2D eigenvalue weighted by Gasteiger charge is 2.22. The number of carbonyl (C=O) groups excluding carboxylic acids is 1. The highest BCUT2D eigenvalue weighted by atomic mass is 16.5. The Bertz CT molecular complexity index is 1170. The lowest BCUT2D eigenvalue weighted by molar-refractivity contribution is 0.103. The molecule has 2 aromatic heterocycles. The van der Waals surface area contributed by atoms with Crippen molar-refractivity contribution >= 4 is 22.8 Å². The van der Waals surface area contributed by atoms with Crippen LogP contribution in [-0.2, 0) is 7.05 Å². The van der Waals surface area contributed by atoms with E-state index in [0.717, 1.165) is 15.7 Å². The van der Waals surface area contributed by atoms with Crippen LogP contribution >= 0.6 is 0 Å². The minimum Gasteiger partial charge on any atom is -0.496 e. The van der Waals surface area contributed by atoms with Crippen LogP contribution in [0.25, 0.3) is 11.0 Å². The van der Waals surface area contributed by atoms with Crippen LogP contribution in [0.5, 0.6) is 5.75 Å². The maximum Gasteiger partial charge on any atom is 0.266 e. The summed E-state index contributed by atoms with van der Waals surface area (Å²) >= 11 is 0. The number of aromatic amines is 1. The number of hydrogen-bond acceptors (Lipinski definition) is 6. The molecule has 8 nitrogen and oxygen atoms in total. The number of hydrogen-bond donors (Lipinski definition) is 2. The van der Waals surface area contributed by atoms with Crippen molar-refractivity contribution in [3.05, 3.63) is 61.2 Å². The number of rotatable bonds is 4. The van der Waals surface area contributed by atoms with E-state index in [2.05, 4.69) is 15.3 Å². The smallest absolute Gasteiger partial charge is 0.266 e. The van der Waals surface area contributed by atoms with Crippen molar-refractivity contribution in [2.24, 2.45) is 7.05 Å². The third-order valence-corrected chi connectivity index (χ3v) is 4.48. The molecule has 3 aromatic rings. The SMILES string of the molecule is CNc1nc2c(C(=O)c3cc(C)c(OC)c(C)c3)c(=O)n(C)c(=O)cc2[nH]1. The zero-order valence-electron chi connectivity index (χ0n) is 15.8. The van der Waals surface area contributed by atoms with Gasteiger partial charge in [-0.15, -0.1) is 0 Å². The van der Waals surface area contributed by atoms with Gasteiger partial charge in [-0.25, -0.2) is 4.98 Å². The second-order valence-electron chi connectivity index (χ2n) is 6.29. The summed E-state index contributed by atoms with van der Waals surface area (Å²) in [5, 5.41) is 2.81. The van der Waals surface area contributed by atoms with Gasteiger partial charge in [0.1, 0.15) is 16.8 Å². The fourth-order valence-corrected chi connectivity index (χ4v) is 3.14. The fraction of sp³-hybridized carbons (Fsp3) is 0.263. The summed E-state index contributed by atoms with van der Waals surface area (Å²) in [5.74, 6) is 0.537. The van der Waals surface area contributed by atoms with E-state index in [1.165, 1.54) is 13.1 Å². The molecule has 27 heavy (non-hydrogen) atoms. The summed E-state index contributed by atoms with van der Waals surface area (Å²) in [6.07, 6.45) is 0. The van der Waals surface area contributed by atoms with Crippen molar-refractivity contribution in [2.45, 2.75) is 13.8 Å². The zero-order valence-corrected chi connectivity index (χ0v) is 15.8. The van der Waals surface area contributed by atoms with Gasteiger partial charge in [0.25, 0.3) is 11.1 Å². The Kier molecular flexibility index (Phi) is 4.57. The van der Waals surface area contributed by atoms with Crippen molar-refractivity contribution in [3.63, 3.8) is 0 Å². The van der Waals surface area contributed by atoms with Gasteiger partial charge >= 0.3 is 0 Å². The van der Waals surface area contributed by atoms with Crippen LogP contribution in [0.15, 0.2) is 27.8 Å². The molecule has 0 spiro atoms. The molecule has 3 rings (SSSR count). The molecular weight excluding hydrogens is 348 g/mol. The molecule has 0 aliphatic carbocycles. The van der Waals surface area contributed by atoms with Gasteiger partial charge in [-0.3, -0.25) is 19.0 Å². The molecule has 1 aromatic carbocycles. The summed E-state index contributed by atoms with van der Waals surface area (Å²) in [7, 11) is 4.54. The molecule has 0 aliphatic rings. The first-order valence-corrected chi connectivity index (χ1v) is 8.30. The predicted molar refractivity (Wildman–Crippen MR) is 103 cm³/mol. The van der Waals surface area contributed by atoms with E-state index >= 15 is 0 Å². The molecule has 0 saturated heterocycles. The summed E-state index contributed by atoms with van der Waals surface area (Å²) in [5.41, 5.74) is 0.963. The quantitative estimate of drug-likeness (QED) is 0.677. The molecule has 2 heterocycles. The Morgan fingerprint density at radius 2 is 1.81 bits per heavy atom. The number of nitrogens with zero attached hydrogens (tertiary/aromatic N) is 2. The van der Waals surface area contributed by atoms with Gasteiger partial charge in [0, 0.05) is 25.7 Å². The fourth-order valence-electron chi connectivity index (χ4n) is 3.14. The van der Waals surface area contributed by atoms with Crippen LogP contribution < -0.4 is 21.2 Å². The number of anilines is 1. The molecule has 0 radical (unpaired) electrons. The largest absolute Gasteiger partial charge is 0.496 e. The van der Waals surface area contributed by atoms with Gasteiger partial charge in [0.2, 0.25) is 11.7 Å². The lowest BCUT2D eigenvalue weighted by atomic mass is 9.99. The Morgan fingerprint density at radius 1 is 1.19 bits per heavy atom. The Hall–Kier alpha value is -3.42. The van der Waals surface area contributed by atoms with Crippen LogP contribution in [0, 0.1) is 13.8 Å². The number of H-pyrrole nitrogens is 1. The van der Waals surface area contributed by atoms with Crippen LogP contribution in [0.3, 0.4) is 0 Å². The second kappa shape index (κ2) is 6.71. The maximum absolute atomic E-state index is 13.3. The Labute approximate surface area is 154 Å². The van der Waals surface area contributed by atoms with Gasteiger partial charge in [-0.2, -0.15) is 0 Å².